The summed E-state index contributed by atoms with van der Waals surface area (Å²) in [6.45, 7) is 2.61. The van der Waals surface area contributed by atoms with Crippen molar-refractivity contribution in [1.82, 2.24) is 9.88 Å². The zero-order chi connectivity index (χ0) is 13.3. The highest BCUT2D eigenvalue weighted by Gasteiger charge is 2.26. The highest BCUT2D eigenvalue weighted by molar-refractivity contribution is 5.91. The fourth-order valence-electron chi connectivity index (χ4n) is 2.25. The van der Waals surface area contributed by atoms with E-state index in [2.05, 4.69) is 5.32 Å². The van der Waals surface area contributed by atoms with Gasteiger partial charge in [-0.2, -0.15) is 0 Å². The molecule has 1 aromatic heterocycles. The first-order valence-corrected chi connectivity index (χ1v) is 6.18. The van der Waals surface area contributed by atoms with Crippen LogP contribution in [0.2, 0.25) is 0 Å². The molecule has 0 aromatic carbocycles. The summed E-state index contributed by atoms with van der Waals surface area (Å²) in [5.74, 6) is -0.298. The molecular formula is C13H20N2O3. The first kappa shape index (κ1) is 13.1. The predicted molar refractivity (Wildman–Crippen MR) is 67.4 cm³/mol. The van der Waals surface area contributed by atoms with Crippen molar-refractivity contribution in [2.75, 3.05) is 7.11 Å². The third kappa shape index (κ3) is 2.42. The van der Waals surface area contributed by atoms with Gasteiger partial charge >= 0.3 is 5.97 Å². The summed E-state index contributed by atoms with van der Waals surface area (Å²) in [5.41, 5.74) is 2.58. The van der Waals surface area contributed by atoms with E-state index in [1.165, 1.54) is 7.11 Å². The normalized spacial score (nSPS) is 22.7. The van der Waals surface area contributed by atoms with E-state index >= 15 is 0 Å². The fourth-order valence-corrected chi connectivity index (χ4v) is 2.25. The largest absolute Gasteiger partial charge is 0.465 e. The Bertz CT molecular complexity index is 447. The average molecular weight is 252 g/mol. The van der Waals surface area contributed by atoms with Crippen LogP contribution in [-0.2, 0) is 18.3 Å². The van der Waals surface area contributed by atoms with Crippen LogP contribution in [0, 0.1) is 6.92 Å². The SMILES string of the molecule is COC(=O)c1cc(CNC2CC(O)C2)n(C)c1C. The van der Waals surface area contributed by atoms with Crippen LogP contribution in [-0.4, -0.2) is 34.9 Å². The van der Waals surface area contributed by atoms with Gasteiger partial charge in [0, 0.05) is 31.0 Å². The van der Waals surface area contributed by atoms with Crippen LogP contribution >= 0.6 is 0 Å². The van der Waals surface area contributed by atoms with Crippen molar-refractivity contribution in [2.24, 2.45) is 7.05 Å². The molecule has 1 aliphatic rings. The van der Waals surface area contributed by atoms with Crippen molar-refractivity contribution >= 4 is 5.97 Å². The van der Waals surface area contributed by atoms with Gasteiger partial charge in [0.1, 0.15) is 0 Å². The Kier molecular flexibility index (Phi) is 3.73. The molecule has 0 unspecified atom stereocenters. The minimum absolute atomic E-state index is 0.150. The van der Waals surface area contributed by atoms with Gasteiger partial charge in [-0.25, -0.2) is 4.79 Å². The second kappa shape index (κ2) is 5.12. The molecule has 5 nitrogen and oxygen atoms in total. The minimum atomic E-state index is -0.298. The van der Waals surface area contributed by atoms with Crippen LogP contribution in [0.1, 0.15) is 34.6 Å². The molecule has 18 heavy (non-hydrogen) atoms. The lowest BCUT2D eigenvalue weighted by atomic mass is 9.89. The first-order valence-electron chi connectivity index (χ1n) is 6.18. The van der Waals surface area contributed by atoms with Gasteiger partial charge in [-0.1, -0.05) is 0 Å². The van der Waals surface area contributed by atoms with Crippen LogP contribution in [0.5, 0.6) is 0 Å². The van der Waals surface area contributed by atoms with Crippen LogP contribution in [0.15, 0.2) is 6.07 Å². The molecule has 1 aromatic rings. The summed E-state index contributed by atoms with van der Waals surface area (Å²) < 4.78 is 6.75. The van der Waals surface area contributed by atoms with Crippen molar-refractivity contribution in [2.45, 2.75) is 38.5 Å². The van der Waals surface area contributed by atoms with E-state index in [0.717, 1.165) is 24.2 Å². The Morgan fingerprint density at radius 2 is 2.28 bits per heavy atom. The number of nitrogens with zero attached hydrogens (tertiary/aromatic N) is 1. The van der Waals surface area contributed by atoms with Crippen LogP contribution < -0.4 is 5.32 Å². The van der Waals surface area contributed by atoms with E-state index in [1.807, 2.05) is 24.6 Å². The number of methoxy groups -OCH3 is 1. The van der Waals surface area contributed by atoms with Gasteiger partial charge in [0.2, 0.25) is 0 Å². The summed E-state index contributed by atoms with van der Waals surface area (Å²) in [5, 5.41) is 12.6. The Morgan fingerprint density at radius 3 is 2.83 bits per heavy atom. The molecular weight excluding hydrogens is 232 g/mol. The number of aromatic nitrogens is 1. The van der Waals surface area contributed by atoms with Crippen molar-refractivity contribution in [3.8, 4) is 0 Å². The molecule has 0 atom stereocenters. The molecule has 0 spiro atoms. The molecule has 2 N–H and O–H groups in total. The molecule has 0 aliphatic heterocycles. The highest BCUT2D eigenvalue weighted by Crippen LogP contribution is 2.21. The number of hydrogen-bond donors (Lipinski definition) is 2. The number of aliphatic hydroxyl groups excluding tert-OH is 1. The third-order valence-corrected chi connectivity index (χ3v) is 3.73. The van der Waals surface area contributed by atoms with Crippen molar-refractivity contribution in [3.63, 3.8) is 0 Å². The summed E-state index contributed by atoms with van der Waals surface area (Å²) in [6.07, 6.45) is 1.48. The molecule has 1 aliphatic carbocycles. The first-order chi connectivity index (χ1) is 8.52. The molecule has 0 bridgehead atoms. The van der Waals surface area contributed by atoms with Gasteiger partial charge < -0.3 is 19.7 Å². The molecule has 1 fully saturated rings. The number of nitrogens with one attached hydrogen (secondary N) is 1. The average Bonchev–Trinajstić information content (AvgIpc) is 2.60. The number of hydrogen-bond acceptors (Lipinski definition) is 4. The number of aliphatic hydroxyl groups is 1. The van der Waals surface area contributed by atoms with Crippen LogP contribution in [0.3, 0.4) is 0 Å². The maximum Gasteiger partial charge on any atom is 0.339 e. The Morgan fingerprint density at radius 1 is 1.61 bits per heavy atom. The third-order valence-electron chi connectivity index (χ3n) is 3.73. The topological polar surface area (TPSA) is 63.5 Å². The lowest BCUT2D eigenvalue weighted by Crippen LogP contribution is -2.43. The lowest BCUT2D eigenvalue weighted by molar-refractivity contribution is 0.0599. The second-order valence-corrected chi connectivity index (χ2v) is 4.89. The van der Waals surface area contributed by atoms with Crippen molar-refractivity contribution in [1.29, 1.82) is 0 Å². The Labute approximate surface area is 107 Å². The van der Waals surface area contributed by atoms with Gasteiger partial charge in [0.05, 0.1) is 18.8 Å². The monoisotopic (exact) mass is 252 g/mol. The van der Waals surface area contributed by atoms with E-state index in [4.69, 9.17) is 4.74 Å². The number of carbonyl (C=O) groups is 1. The highest BCUT2D eigenvalue weighted by atomic mass is 16.5. The van der Waals surface area contributed by atoms with E-state index in [0.29, 0.717) is 18.2 Å². The number of carbonyl (C=O) groups excluding carboxylic acids is 1. The minimum Gasteiger partial charge on any atom is -0.465 e. The quantitative estimate of drug-likeness (QED) is 0.776. The summed E-state index contributed by atoms with van der Waals surface area (Å²) in [6, 6.07) is 2.25. The smallest absolute Gasteiger partial charge is 0.339 e. The Hall–Kier alpha value is -1.33. The summed E-state index contributed by atoms with van der Waals surface area (Å²) in [7, 11) is 3.33. The zero-order valence-corrected chi connectivity index (χ0v) is 11.1. The predicted octanol–water partition coefficient (Wildman–Crippen LogP) is 0.733. The molecule has 100 valence electrons. The van der Waals surface area contributed by atoms with E-state index in [9.17, 15) is 9.90 Å². The second-order valence-electron chi connectivity index (χ2n) is 4.89. The van der Waals surface area contributed by atoms with Gasteiger partial charge in [0.15, 0.2) is 0 Å². The maximum absolute atomic E-state index is 11.6. The molecule has 0 amide bonds. The standard InChI is InChI=1S/C13H20N2O3/c1-8-12(13(17)18-3)6-10(15(8)2)7-14-9-4-11(16)5-9/h6,9,11,14,16H,4-5,7H2,1-3H3. The molecule has 1 heterocycles. The molecule has 0 saturated heterocycles. The van der Waals surface area contributed by atoms with E-state index < -0.39 is 0 Å². The molecule has 0 radical (unpaired) electrons. The molecule has 2 rings (SSSR count). The number of rotatable bonds is 4. The van der Waals surface area contributed by atoms with Crippen LogP contribution in [0.4, 0.5) is 0 Å². The van der Waals surface area contributed by atoms with Crippen molar-refractivity contribution in [3.05, 3.63) is 23.0 Å². The van der Waals surface area contributed by atoms with Gasteiger partial charge in [0.25, 0.3) is 0 Å². The summed E-state index contributed by atoms with van der Waals surface area (Å²) in [4.78, 5) is 11.6. The number of ether oxygens (including phenoxy) is 1. The number of esters is 1. The molecule has 5 heteroatoms. The van der Waals surface area contributed by atoms with Gasteiger partial charge in [-0.3, -0.25) is 0 Å². The van der Waals surface area contributed by atoms with E-state index in [1.54, 1.807) is 0 Å². The zero-order valence-electron chi connectivity index (χ0n) is 11.1. The van der Waals surface area contributed by atoms with E-state index in [-0.39, 0.29) is 12.1 Å². The summed E-state index contributed by atoms with van der Waals surface area (Å²) >= 11 is 0. The molecule has 1 saturated carbocycles. The lowest BCUT2D eigenvalue weighted by Gasteiger charge is -2.32. The van der Waals surface area contributed by atoms with Crippen LogP contribution in [0.25, 0.3) is 0 Å². The van der Waals surface area contributed by atoms with Gasteiger partial charge in [-0.15, -0.1) is 0 Å². The fraction of sp³-hybridized carbons (Fsp3) is 0.615. The van der Waals surface area contributed by atoms with Crippen molar-refractivity contribution < 1.29 is 14.6 Å². The van der Waals surface area contributed by atoms with Gasteiger partial charge in [-0.05, 0) is 25.8 Å². The Balaban J connectivity index is 2.02. The maximum atomic E-state index is 11.6.